The summed E-state index contributed by atoms with van der Waals surface area (Å²) >= 11 is 0. The number of anilines is 1. The third-order valence-electron chi connectivity index (χ3n) is 2.54. The first-order chi connectivity index (χ1) is 8.45. The van der Waals surface area contributed by atoms with Gasteiger partial charge >= 0.3 is 5.97 Å². The van der Waals surface area contributed by atoms with Crippen LogP contribution in [0.5, 0.6) is 0 Å². The first-order valence-corrected chi connectivity index (χ1v) is 5.47. The van der Waals surface area contributed by atoms with Crippen LogP contribution in [-0.4, -0.2) is 17.0 Å². The van der Waals surface area contributed by atoms with Crippen molar-refractivity contribution in [2.45, 2.75) is 33.1 Å². The molecule has 0 bridgehead atoms. The van der Waals surface area contributed by atoms with Crippen molar-refractivity contribution in [2.24, 2.45) is 0 Å². The summed E-state index contributed by atoms with van der Waals surface area (Å²) in [5.74, 6) is -0.591. The van der Waals surface area contributed by atoms with Crippen molar-refractivity contribution in [1.29, 1.82) is 5.26 Å². The van der Waals surface area contributed by atoms with Gasteiger partial charge in [-0.05, 0) is 20.3 Å². The minimum atomic E-state index is -0.940. The lowest BCUT2D eigenvalue weighted by molar-refractivity contribution is -0.137. The van der Waals surface area contributed by atoms with Gasteiger partial charge in [0.25, 0.3) is 0 Å². The molecule has 0 aliphatic carbocycles. The lowest BCUT2D eigenvalue weighted by atomic mass is 10.2. The molecule has 0 aliphatic rings. The molecular weight excluding hydrogens is 236 g/mol. The number of nitrogens with one attached hydrogen (secondary N) is 1. The monoisotopic (exact) mass is 250 g/mol. The maximum absolute atomic E-state index is 11.5. The van der Waals surface area contributed by atoms with Crippen molar-refractivity contribution in [3.05, 3.63) is 16.9 Å². The third kappa shape index (κ3) is 3.35. The summed E-state index contributed by atoms with van der Waals surface area (Å²) in [5, 5.41) is 19.9. The molecule has 18 heavy (non-hydrogen) atoms. The van der Waals surface area contributed by atoms with E-state index in [1.54, 1.807) is 13.8 Å². The van der Waals surface area contributed by atoms with Gasteiger partial charge in [0, 0.05) is 18.4 Å². The number of carboxylic acid groups (broad SMARTS) is 1. The van der Waals surface area contributed by atoms with Crippen molar-refractivity contribution in [2.75, 3.05) is 5.32 Å². The van der Waals surface area contributed by atoms with Gasteiger partial charge in [-0.1, -0.05) is 0 Å². The van der Waals surface area contributed by atoms with Crippen molar-refractivity contribution in [3.63, 3.8) is 0 Å². The van der Waals surface area contributed by atoms with E-state index in [1.807, 2.05) is 6.07 Å². The zero-order valence-electron chi connectivity index (χ0n) is 10.2. The largest absolute Gasteiger partial charge is 0.481 e. The quantitative estimate of drug-likeness (QED) is 0.831. The Bertz CT molecular complexity index is 511. The zero-order chi connectivity index (χ0) is 13.7. The summed E-state index contributed by atoms with van der Waals surface area (Å²) in [7, 11) is 0. The highest BCUT2D eigenvalue weighted by molar-refractivity contribution is 5.91. The van der Waals surface area contributed by atoms with Gasteiger partial charge in [0.2, 0.25) is 11.8 Å². The van der Waals surface area contributed by atoms with E-state index in [1.165, 1.54) is 0 Å². The lowest BCUT2D eigenvalue weighted by Gasteiger charge is -2.01. The molecule has 0 fully saturated rings. The maximum atomic E-state index is 11.5. The molecule has 6 nitrogen and oxygen atoms in total. The fraction of sp³-hybridized carbons (Fsp3) is 0.417. The molecule has 2 N–H and O–H groups in total. The number of rotatable bonds is 5. The van der Waals surface area contributed by atoms with E-state index >= 15 is 0 Å². The van der Waals surface area contributed by atoms with Crippen molar-refractivity contribution >= 4 is 17.8 Å². The van der Waals surface area contributed by atoms with Crippen LogP contribution >= 0.6 is 0 Å². The Morgan fingerprint density at radius 2 is 2.06 bits per heavy atom. The van der Waals surface area contributed by atoms with E-state index in [2.05, 4.69) is 5.32 Å². The molecule has 0 aliphatic heterocycles. The lowest BCUT2D eigenvalue weighted by Crippen LogP contribution is -2.12. The fourth-order valence-corrected chi connectivity index (χ4v) is 1.44. The van der Waals surface area contributed by atoms with Crippen LogP contribution in [0, 0.1) is 25.2 Å². The van der Waals surface area contributed by atoms with E-state index in [4.69, 9.17) is 14.8 Å². The van der Waals surface area contributed by atoms with Crippen molar-refractivity contribution in [1.82, 2.24) is 0 Å². The topological polar surface area (TPSA) is 103 Å². The van der Waals surface area contributed by atoms with E-state index in [0.29, 0.717) is 16.9 Å². The Morgan fingerprint density at radius 3 is 2.61 bits per heavy atom. The van der Waals surface area contributed by atoms with Gasteiger partial charge in [-0.3, -0.25) is 14.9 Å². The Labute approximate surface area is 104 Å². The van der Waals surface area contributed by atoms with Gasteiger partial charge in [-0.15, -0.1) is 0 Å². The Kier molecular flexibility index (Phi) is 4.49. The number of aliphatic carboxylic acids is 1. The number of carboxylic acids is 1. The standard InChI is InChI=1S/C12H14N2O4/c1-7-8(2)18-12(9(7)6-13)14-10(15)4-3-5-11(16)17/h3-5H2,1-2H3,(H,14,15)(H,16,17). The van der Waals surface area contributed by atoms with Gasteiger partial charge in [-0.25, -0.2) is 0 Å². The van der Waals surface area contributed by atoms with Gasteiger partial charge in [-0.2, -0.15) is 5.26 Å². The van der Waals surface area contributed by atoms with Gasteiger partial charge in [0.15, 0.2) is 0 Å². The molecule has 0 saturated carbocycles. The predicted molar refractivity (Wildman–Crippen MR) is 63.0 cm³/mol. The molecule has 0 unspecified atom stereocenters. The Hall–Kier alpha value is -2.29. The third-order valence-corrected chi connectivity index (χ3v) is 2.54. The first-order valence-electron chi connectivity index (χ1n) is 5.47. The second-order valence-corrected chi connectivity index (χ2v) is 3.89. The second-order valence-electron chi connectivity index (χ2n) is 3.89. The minimum absolute atomic E-state index is 0.0608. The van der Waals surface area contributed by atoms with Crippen LogP contribution < -0.4 is 5.32 Å². The molecule has 1 amide bonds. The number of nitriles is 1. The summed E-state index contributed by atoms with van der Waals surface area (Å²) in [6.07, 6.45) is 0.270. The van der Waals surface area contributed by atoms with Gasteiger partial charge < -0.3 is 9.52 Å². The maximum Gasteiger partial charge on any atom is 0.303 e. The number of furan rings is 1. The molecule has 1 aromatic rings. The molecule has 6 heteroatoms. The minimum Gasteiger partial charge on any atom is -0.481 e. The molecule has 96 valence electrons. The zero-order valence-corrected chi connectivity index (χ0v) is 10.2. The van der Waals surface area contributed by atoms with Crippen LogP contribution in [0.15, 0.2) is 4.42 Å². The number of aryl methyl sites for hydroxylation is 1. The SMILES string of the molecule is Cc1oc(NC(=O)CCCC(=O)O)c(C#N)c1C. The molecular formula is C12H14N2O4. The molecule has 1 heterocycles. The molecule has 1 aromatic heterocycles. The highest BCUT2D eigenvalue weighted by Gasteiger charge is 2.16. The second kappa shape index (κ2) is 5.87. The predicted octanol–water partition coefficient (Wildman–Crippen LogP) is 1.96. The van der Waals surface area contributed by atoms with E-state index in [0.717, 1.165) is 0 Å². The number of carbonyl (C=O) groups is 2. The van der Waals surface area contributed by atoms with E-state index in [-0.39, 0.29) is 31.1 Å². The van der Waals surface area contributed by atoms with Crippen LogP contribution in [0.25, 0.3) is 0 Å². The molecule has 0 aromatic carbocycles. The molecule has 0 spiro atoms. The normalized spacial score (nSPS) is 9.83. The van der Waals surface area contributed by atoms with E-state index in [9.17, 15) is 9.59 Å². The summed E-state index contributed by atoms with van der Waals surface area (Å²) in [6, 6.07) is 1.96. The molecule has 0 radical (unpaired) electrons. The number of hydrogen-bond acceptors (Lipinski definition) is 4. The summed E-state index contributed by atoms with van der Waals surface area (Å²) in [6.45, 7) is 3.44. The summed E-state index contributed by atoms with van der Waals surface area (Å²) in [4.78, 5) is 21.8. The van der Waals surface area contributed by atoms with Crippen LogP contribution in [-0.2, 0) is 9.59 Å². The van der Waals surface area contributed by atoms with Crippen LogP contribution in [0.3, 0.4) is 0 Å². The van der Waals surface area contributed by atoms with Crippen LogP contribution in [0.1, 0.15) is 36.1 Å². The average molecular weight is 250 g/mol. The number of carbonyl (C=O) groups excluding carboxylic acids is 1. The summed E-state index contributed by atoms with van der Waals surface area (Å²) < 4.78 is 5.26. The smallest absolute Gasteiger partial charge is 0.303 e. The van der Waals surface area contributed by atoms with Crippen LogP contribution in [0.4, 0.5) is 5.88 Å². The van der Waals surface area contributed by atoms with Gasteiger partial charge in [0.05, 0.1) is 0 Å². The average Bonchev–Trinajstić information content (AvgIpc) is 2.53. The highest BCUT2D eigenvalue weighted by Crippen LogP contribution is 2.25. The number of amides is 1. The molecule has 0 atom stereocenters. The number of nitrogens with zero attached hydrogens (tertiary/aromatic N) is 1. The molecule has 1 rings (SSSR count). The highest BCUT2D eigenvalue weighted by atomic mass is 16.4. The Balaban J connectivity index is 2.63. The first kappa shape index (κ1) is 13.8. The number of hydrogen-bond donors (Lipinski definition) is 2. The Morgan fingerprint density at radius 1 is 1.39 bits per heavy atom. The fourth-order valence-electron chi connectivity index (χ4n) is 1.44. The van der Waals surface area contributed by atoms with Gasteiger partial charge in [0.1, 0.15) is 17.4 Å². The van der Waals surface area contributed by atoms with E-state index < -0.39 is 5.97 Å². The van der Waals surface area contributed by atoms with Crippen LogP contribution in [0.2, 0.25) is 0 Å². The molecule has 0 saturated heterocycles. The summed E-state index contributed by atoms with van der Waals surface area (Å²) in [5.41, 5.74) is 0.998. The van der Waals surface area contributed by atoms with Crippen molar-refractivity contribution in [3.8, 4) is 6.07 Å². The van der Waals surface area contributed by atoms with Crippen molar-refractivity contribution < 1.29 is 19.1 Å².